The second-order valence-electron chi connectivity index (χ2n) is 5.27. The molecule has 0 aromatic heterocycles. The van der Waals surface area contributed by atoms with Gasteiger partial charge >= 0.3 is 5.97 Å². The number of ether oxygens (including phenoxy) is 1. The molecule has 0 fully saturated rings. The normalized spacial score (nSPS) is 17.9. The van der Waals surface area contributed by atoms with Gasteiger partial charge in [0.05, 0.1) is 22.2 Å². The lowest BCUT2D eigenvalue weighted by atomic mass is 9.87. The van der Waals surface area contributed by atoms with Crippen molar-refractivity contribution in [2.45, 2.75) is 33.1 Å². The largest absolute Gasteiger partial charge is 0.462 e. The molecule has 1 heterocycles. The topological polar surface area (TPSA) is 38.3 Å². The molecule has 22 heavy (non-hydrogen) atoms. The number of carbonyl (C=O) groups is 1. The standard InChI is InChI=1S/C17H19Cl2NO2/c1-4-8-22-17(21)15-11(3)20-10(2)9-13(15)12-6-5-7-14(18)16(12)19/h5-7,9,13,20H,4,8H2,1-3H3. The van der Waals surface area contributed by atoms with E-state index in [1.54, 1.807) is 6.07 Å². The Labute approximate surface area is 140 Å². The maximum Gasteiger partial charge on any atom is 0.336 e. The van der Waals surface area contributed by atoms with E-state index < -0.39 is 0 Å². The van der Waals surface area contributed by atoms with Crippen LogP contribution in [0.1, 0.15) is 38.7 Å². The smallest absolute Gasteiger partial charge is 0.336 e. The average molecular weight is 340 g/mol. The van der Waals surface area contributed by atoms with Gasteiger partial charge in [-0.15, -0.1) is 0 Å². The molecule has 0 aliphatic carbocycles. The molecule has 5 heteroatoms. The van der Waals surface area contributed by atoms with Gasteiger partial charge in [-0.2, -0.15) is 0 Å². The number of allylic oxidation sites excluding steroid dienone is 3. The monoisotopic (exact) mass is 339 g/mol. The average Bonchev–Trinajstić information content (AvgIpc) is 2.46. The van der Waals surface area contributed by atoms with Crippen LogP contribution in [0.2, 0.25) is 10.0 Å². The summed E-state index contributed by atoms with van der Waals surface area (Å²) in [5.41, 5.74) is 3.12. The van der Waals surface area contributed by atoms with Gasteiger partial charge in [0.2, 0.25) is 0 Å². The van der Waals surface area contributed by atoms with E-state index in [9.17, 15) is 4.79 Å². The second kappa shape index (κ2) is 7.21. The zero-order valence-corrected chi connectivity index (χ0v) is 14.4. The summed E-state index contributed by atoms with van der Waals surface area (Å²) < 4.78 is 5.32. The van der Waals surface area contributed by atoms with Crippen molar-refractivity contribution < 1.29 is 9.53 Å². The van der Waals surface area contributed by atoms with Crippen molar-refractivity contribution in [2.24, 2.45) is 0 Å². The highest BCUT2D eigenvalue weighted by molar-refractivity contribution is 6.42. The fraction of sp³-hybridized carbons (Fsp3) is 0.353. The first-order valence-electron chi connectivity index (χ1n) is 7.23. The molecule has 1 aromatic rings. The van der Waals surface area contributed by atoms with Crippen LogP contribution in [0.5, 0.6) is 0 Å². The van der Waals surface area contributed by atoms with Crippen molar-refractivity contribution in [1.29, 1.82) is 0 Å². The fourth-order valence-electron chi connectivity index (χ4n) is 2.53. The Balaban J connectivity index is 2.47. The van der Waals surface area contributed by atoms with Gasteiger partial charge in [0.1, 0.15) is 0 Å². The van der Waals surface area contributed by atoms with Crippen LogP contribution in [0.25, 0.3) is 0 Å². The van der Waals surface area contributed by atoms with Crippen LogP contribution in [0.4, 0.5) is 0 Å². The van der Waals surface area contributed by atoms with Crippen molar-refractivity contribution >= 4 is 29.2 Å². The third-order valence-electron chi connectivity index (χ3n) is 3.49. The quantitative estimate of drug-likeness (QED) is 0.800. The molecule has 1 N–H and O–H groups in total. The summed E-state index contributed by atoms with van der Waals surface area (Å²) in [6.07, 6.45) is 2.75. The van der Waals surface area contributed by atoms with E-state index in [2.05, 4.69) is 5.32 Å². The molecule has 1 unspecified atom stereocenters. The van der Waals surface area contributed by atoms with Crippen molar-refractivity contribution in [2.75, 3.05) is 6.61 Å². The molecule has 0 saturated heterocycles. The number of hydrogen-bond acceptors (Lipinski definition) is 3. The van der Waals surface area contributed by atoms with Gasteiger partial charge in [0, 0.05) is 17.3 Å². The highest BCUT2D eigenvalue weighted by Gasteiger charge is 2.29. The third-order valence-corrected chi connectivity index (χ3v) is 4.32. The van der Waals surface area contributed by atoms with E-state index in [1.165, 1.54) is 0 Å². The number of hydrogen-bond donors (Lipinski definition) is 1. The van der Waals surface area contributed by atoms with Crippen LogP contribution >= 0.6 is 23.2 Å². The SMILES string of the molecule is CCCOC(=O)C1=C(C)NC(C)=CC1c1cccc(Cl)c1Cl. The van der Waals surface area contributed by atoms with E-state index in [4.69, 9.17) is 27.9 Å². The Hall–Kier alpha value is -1.45. The zero-order chi connectivity index (χ0) is 16.3. The lowest BCUT2D eigenvalue weighted by Crippen LogP contribution is -2.26. The number of esters is 1. The van der Waals surface area contributed by atoms with E-state index in [0.717, 1.165) is 23.4 Å². The van der Waals surface area contributed by atoms with E-state index in [1.807, 2.05) is 39.0 Å². The maximum absolute atomic E-state index is 12.4. The zero-order valence-electron chi connectivity index (χ0n) is 12.9. The van der Waals surface area contributed by atoms with Gasteiger partial charge in [-0.1, -0.05) is 48.3 Å². The van der Waals surface area contributed by atoms with Gasteiger partial charge in [-0.05, 0) is 31.9 Å². The summed E-state index contributed by atoms with van der Waals surface area (Å²) in [4.78, 5) is 12.4. The molecular weight excluding hydrogens is 321 g/mol. The highest BCUT2D eigenvalue weighted by atomic mass is 35.5. The van der Waals surface area contributed by atoms with E-state index in [0.29, 0.717) is 22.2 Å². The van der Waals surface area contributed by atoms with E-state index in [-0.39, 0.29) is 11.9 Å². The van der Waals surface area contributed by atoms with Crippen LogP contribution < -0.4 is 5.32 Å². The van der Waals surface area contributed by atoms with Crippen LogP contribution in [-0.2, 0) is 9.53 Å². The van der Waals surface area contributed by atoms with Gasteiger partial charge in [0.15, 0.2) is 0 Å². The van der Waals surface area contributed by atoms with Gasteiger partial charge < -0.3 is 10.1 Å². The lowest BCUT2D eigenvalue weighted by molar-refractivity contribution is -0.139. The molecule has 1 aromatic carbocycles. The van der Waals surface area contributed by atoms with Crippen molar-refractivity contribution in [3.63, 3.8) is 0 Å². The summed E-state index contributed by atoms with van der Waals surface area (Å²) in [6, 6.07) is 5.45. The lowest BCUT2D eigenvalue weighted by Gasteiger charge is -2.26. The first-order valence-corrected chi connectivity index (χ1v) is 7.98. The van der Waals surface area contributed by atoms with Crippen LogP contribution in [0.15, 0.2) is 41.2 Å². The molecule has 0 amide bonds. The minimum absolute atomic E-state index is 0.267. The number of rotatable bonds is 4. The summed E-state index contributed by atoms with van der Waals surface area (Å²) >= 11 is 12.5. The molecule has 1 aliphatic heterocycles. The van der Waals surface area contributed by atoms with Gasteiger partial charge in [0.25, 0.3) is 0 Å². The number of carbonyl (C=O) groups excluding carboxylic acids is 1. The number of benzene rings is 1. The first kappa shape index (κ1) is 16.9. The molecular formula is C17H19Cl2NO2. The molecule has 0 bridgehead atoms. The van der Waals surface area contributed by atoms with Crippen LogP contribution in [0.3, 0.4) is 0 Å². The Kier molecular flexibility index (Phi) is 5.54. The molecule has 0 saturated carbocycles. The summed E-state index contributed by atoms with van der Waals surface area (Å²) in [5.74, 6) is -0.589. The molecule has 1 aliphatic rings. The predicted molar refractivity (Wildman–Crippen MR) is 90.0 cm³/mol. The van der Waals surface area contributed by atoms with Gasteiger partial charge in [-0.3, -0.25) is 0 Å². The first-order chi connectivity index (χ1) is 10.5. The summed E-state index contributed by atoms with van der Waals surface area (Å²) in [6.45, 7) is 6.17. The van der Waals surface area contributed by atoms with Crippen LogP contribution in [0, 0.1) is 0 Å². The minimum atomic E-state index is -0.323. The Morgan fingerprint density at radius 3 is 2.73 bits per heavy atom. The Morgan fingerprint density at radius 1 is 1.32 bits per heavy atom. The van der Waals surface area contributed by atoms with Crippen molar-refractivity contribution in [3.05, 3.63) is 56.9 Å². The number of halogens is 2. The molecule has 3 nitrogen and oxygen atoms in total. The predicted octanol–water partition coefficient (Wildman–Crippen LogP) is 4.81. The van der Waals surface area contributed by atoms with Gasteiger partial charge in [-0.25, -0.2) is 4.79 Å². The van der Waals surface area contributed by atoms with Crippen molar-refractivity contribution in [3.8, 4) is 0 Å². The Morgan fingerprint density at radius 2 is 2.05 bits per heavy atom. The maximum atomic E-state index is 12.4. The molecule has 0 spiro atoms. The molecule has 2 rings (SSSR count). The van der Waals surface area contributed by atoms with Crippen molar-refractivity contribution in [1.82, 2.24) is 5.32 Å². The second-order valence-corrected chi connectivity index (χ2v) is 6.06. The number of nitrogens with one attached hydrogen (secondary N) is 1. The summed E-state index contributed by atoms with van der Waals surface area (Å²) in [7, 11) is 0. The molecule has 0 radical (unpaired) electrons. The Bertz CT molecular complexity index is 650. The summed E-state index contributed by atoms with van der Waals surface area (Å²) in [5, 5.41) is 4.13. The minimum Gasteiger partial charge on any atom is -0.462 e. The van der Waals surface area contributed by atoms with Crippen LogP contribution in [-0.4, -0.2) is 12.6 Å². The highest BCUT2D eigenvalue weighted by Crippen LogP contribution is 2.38. The fourth-order valence-corrected chi connectivity index (χ4v) is 2.96. The number of dihydropyridines is 1. The third kappa shape index (κ3) is 3.47. The van der Waals surface area contributed by atoms with E-state index >= 15 is 0 Å². The molecule has 1 atom stereocenters. The molecule has 118 valence electrons.